The Hall–Kier alpha value is 0.137. The van der Waals surface area contributed by atoms with Crippen LogP contribution < -0.4 is 0 Å². The fraction of sp³-hybridized carbons (Fsp3) is 1.00. The molecule has 4 bridgehead atoms. The van der Waals surface area contributed by atoms with Crippen molar-refractivity contribution in [2.45, 2.75) is 102 Å². The van der Waals surface area contributed by atoms with E-state index in [1.807, 2.05) is 6.92 Å². The Balaban J connectivity index is 1.79. The van der Waals surface area contributed by atoms with Crippen LogP contribution in [0.5, 0.6) is 0 Å². The summed E-state index contributed by atoms with van der Waals surface area (Å²) in [5.41, 5.74) is 0.380. The molecule has 0 spiro atoms. The Labute approximate surface area is 149 Å². The molecule has 0 aromatic rings. The molecule has 24 heavy (non-hydrogen) atoms. The lowest BCUT2D eigenvalue weighted by Gasteiger charge is -2.58. The number of fused-ring (bicyclic) bond motifs is 9. The van der Waals surface area contributed by atoms with E-state index in [9.17, 15) is 5.11 Å². The van der Waals surface area contributed by atoms with E-state index in [2.05, 4.69) is 33.9 Å². The van der Waals surface area contributed by atoms with E-state index in [4.69, 9.17) is 4.43 Å². The van der Waals surface area contributed by atoms with Crippen LogP contribution in [-0.4, -0.2) is 25.1 Å². The predicted molar refractivity (Wildman–Crippen MR) is 101 cm³/mol. The summed E-state index contributed by atoms with van der Waals surface area (Å²) in [6, 6.07) is 0. The molecule has 4 fully saturated rings. The fourth-order valence-corrected chi connectivity index (χ4v) is 9.12. The summed E-state index contributed by atoms with van der Waals surface area (Å²) in [6.45, 7) is 14.0. The van der Waals surface area contributed by atoms with Crippen molar-refractivity contribution < 1.29 is 9.53 Å². The van der Waals surface area contributed by atoms with Crippen LogP contribution in [0.25, 0.3) is 0 Å². The van der Waals surface area contributed by atoms with Crippen molar-refractivity contribution in [2.24, 2.45) is 29.1 Å². The molecule has 0 aromatic heterocycles. The summed E-state index contributed by atoms with van der Waals surface area (Å²) in [5.74, 6) is 3.37. The standard InChI is InChI=1S/C21H38O2Si/c1-14(22)12-20-10-9-16(13-20)18-15-7-8-17(11-15)21(18,20)23-24(5,6)19(2,3)4/h14-18,22H,7-13H2,1-6H3. The highest BCUT2D eigenvalue weighted by Gasteiger charge is 2.76. The second kappa shape index (κ2) is 5.10. The third kappa shape index (κ3) is 2.07. The predicted octanol–water partition coefficient (Wildman–Crippen LogP) is 5.36. The number of aliphatic hydroxyl groups is 1. The molecule has 0 amide bonds. The van der Waals surface area contributed by atoms with Gasteiger partial charge in [-0.3, -0.25) is 0 Å². The van der Waals surface area contributed by atoms with Crippen LogP contribution in [0.1, 0.15) is 72.6 Å². The third-order valence-corrected chi connectivity index (χ3v) is 13.4. The van der Waals surface area contributed by atoms with E-state index in [1.54, 1.807) is 0 Å². The molecule has 2 nitrogen and oxygen atoms in total. The minimum absolute atomic E-state index is 0.110. The summed E-state index contributed by atoms with van der Waals surface area (Å²) in [5, 5.41) is 10.6. The van der Waals surface area contributed by atoms with Crippen LogP contribution in [-0.2, 0) is 4.43 Å². The number of aliphatic hydroxyl groups excluding tert-OH is 1. The van der Waals surface area contributed by atoms with E-state index in [-0.39, 0.29) is 22.2 Å². The Kier molecular flexibility index (Phi) is 3.73. The maximum Gasteiger partial charge on any atom is 0.192 e. The van der Waals surface area contributed by atoms with Crippen molar-refractivity contribution in [3.8, 4) is 0 Å². The highest BCUT2D eigenvalue weighted by molar-refractivity contribution is 6.74. The number of rotatable bonds is 4. The lowest BCUT2D eigenvalue weighted by atomic mass is 9.59. The second-order valence-corrected chi connectivity index (χ2v) is 16.0. The molecule has 4 aliphatic carbocycles. The van der Waals surface area contributed by atoms with E-state index < -0.39 is 8.32 Å². The summed E-state index contributed by atoms with van der Waals surface area (Å²) in [6.07, 6.45) is 9.05. The maximum absolute atomic E-state index is 10.3. The van der Waals surface area contributed by atoms with E-state index in [0.29, 0.717) is 0 Å². The molecule has 3 heteroatoms. The first kappa shape index (κ1) is 17.5. The second-order valence-electron chi connectivity index (χ2n) is 11.3. The first-order valence-corrected chi connectivity index (χ1v) is 13.3. The summed E-state index contributed by atoms with van der Waals surface area (Å²) in [7, 11) is -1.82. The average Bonchev–Trinajstić information content (AvgIpc) is 3.12. The van der Waals surface area contributed by atoms with Crippen LogP contribution in [0.2, 0.25) is 18.1 Å². The van der Waals surface area contributed by atoms with Gasteiger partial charge >= 0.3 is 0 Å². The van der Waals surface area contributed by atoms with Crippen molar-refractivity contribution in [1.82, 2.24) is 0 Å². The summed E-state index contributed by atoms with van der Waals surface area (Å²) in [4.78, 5) is 0. The molecule has 1 N–H and O–H groups in total. The molecule has 0 heterocycles. The van der Waals surface area contributed by atoms with Gasteiger partial charge in [-0.15, -0.1) is 0 Å². The quantitative estimate of drug-likeness (QED) is 0.546. The normalized spacial score (nSPS) is 48.1. The number of hydrogen-bond donors (Lipinski definition) is 1. The average molecular weight is 351 g/mol. The molecule has 0 radical (unpaired) electrons. The van der Waals surface area contributed by atoms with Crippen molar-refractivity contribution in [3.05, 3.63) is 0 Å². The van der Waals surface area contributed by atoms with Gasteiger partial charge in [0, 0.05) is 5.41 Å². The molecular weight excluding hydrogens is 312 g/mol. The topological polar surface area (TPSA) is 29.5 Å². The van der Waals surface area contributed by atoms with Gasteiger partial charge in [-0.2, -0.15) is 0 Å². The minimum Gasteiger partial charge on any atom is -0.410 e. The van der Waals surface area contributed by atoms with Gasteiger partial charge in [0.25, 0.3) is 0 Å². The molecule has 4 saturated carbocycles. The summed E-state index contributed by atoms with van der Waals surface area (Å²) >= 11 is 0. The Morgan fingerprint density at radius 1 is 1.17 bits per heavy atom. The van der Waals surface area contributed by atoms with Gasteiger partial charge < -0.3 is 9.53 Å². The zero-order valence-electron chi connectivity index (χ0n) is 16.7. The highest BCUT2D eigenvalue weighted by atomic mass is 28.4. The Bertz CT molecular complexity index is 522. The molecule has 0 aromatic carbocycles. The zero-order chi connectivity index (χ0) is 17.5. The van der Waals surface area contributed by atoms with Gasteiger partial charge in [0.1, 0.15) is 0 Å². The van der Waals surface area contributed by atoms with Gasteiger partial charge in [-0.05, 0) is 93.7 Å². The Morgan fingerprint density at radius 3 is 2.50 bits per heavy atom. The SMILES string of the molecule is CC(O)CC12CCC(C1)C1C3CCC(C3)C12O[Si](C)(C)C(C)(C)C. The zero-order valence-corrected chi connectivity index (χ0v) is 17.7. The third-order valence-electron chi connectivity index (χ3n) is 8.98. The minimum atomic E-state index is -1.82. The first-order chi connectivity index (χ1) is 11.0. The van der Waals surface area contributed by atoms with Gasteiger partial charge in [0.15, 0.2) is 8.32 Å². The van der Waals surface area contributed by atoms with E-state index in [0.717, 1.165) is 30.1 Å². The van der Waals surface area contributed by atoms with Crippen molar-refractivity contribution in [1.29, 1.82) is 0 Å². The lowest BCUT2D eigenvalue weighted by molar-refractivity contribution is -0.142. The molecule has 4 rings (SSSR count). The molecule has 7 unspecified atom stereocenters. The van der Waals surface area contributed by atoms with Gasteiger partial charge in [-0.1, -0.05) is 20.8 Å². The van der Waals surface area contributed by atoms with Crippen molar-refractivity contribution in [2.75, 3.05) is 0 Å². The highest BCUT2D eigenvalue weighted by Crippen LogP contribution is 2.77. The largest absolute Gasteiger partial charge is 0.410 e. The van der Waals surface area contributed by atoms with E-state index in [1.165, 1.54) is 38.5 Å². The molecular formula is C21H38O2Si. The van der Waals surface area contributed by atoms with E-state index >= 15 is 0 Å². The van der Waals surface area contributed by atoms with Crippen LogP contribution >= 0.6 is 0 Å². The van der Waals surface area contributed by atoms with Gasteiger partial charge in [0.2, 0.25) is 0 Å². The van der Waals surface area contributed by atoms with Crippen LogP contribution in [0.4, 0.5) is 0 Å². The fourth-order valence-electron chi connectivity index (χ4n) is 7.45. The molecule has 7 atom stereocenters. The van der Waals surface area contributed by atoms with Crippen LogP contribution in [0.3, 0.4) is 0 Å². The number of hydrogen-bond acceptors (Lipinski definition) is 2. The van der Waals surface area contributed by atoms with Crippen molar-refractivity contribution in [3.63, 3.8) is 0 Å². The monoisotopic (exact) mass is 350 g/mol. The van der Waals surface area contributed by atoms with Gasteiger partial charge in [-0.25, -0.2) is 0 Å². The molecule has 0 aliphatic heterocycles. The molecule has 4 aliphatic rings. The maximum atomic E-state index is 10.3. The Morgan fingerprint density at radius 2 is 1.88 bits per heavy atom. The molecule has 0 saturated heterocycles. The van der Waals surface area contributed by atoms with Gasteiger partial charge in [0.05, 0.1) is 11.7 Å². The lowest BCUT2D eigenvalue weighted by Crippen LogP contribution is -2.62. The first-order valence-electron chi connectivity index (χ1n) is 10.4. The summed E-state index contributed by atoms with van der Waals surface area (Å²) < 4.78 is 7.47. The smallest absolute Gasteiger partial charge is 0.192 e. The van der Waals surface area contributed by atoms with Crippen LogP contribution in [0, 0.1) is 29.1 Å². The molecule has 138 valence electrons. The van der Waals surface area contributed by atoms with Crippen molar-refractivity contribution >= 4 is 8.32 Å². The van der Waals surface area contributed by atoms with Crippen LogP contribution in [0.15, 0.2) is 0 Å².